The van der Waals surface area contributed by atoms with Crippen LogP contribution >= 0.6 is 0 Å². The Morgan fingerprint density at radius 2 is 2.62 bits per heavy atom. The quantitative estimate of drug-likeness (QED) is 0.455. The Labute approximate surface area is 48.3 Å². The predicted molar refractivity (Wildman–Crippen MR) is 33.4 cm³/mol. The van der Waals surface area contributed by atoms with E-state index in [9.17, 15) is 0 Å². The molecule has 0 saturated carbocycles. The summed E-state index contributed by atoms with van der Waals surface area (Å²) in [6.07, 6.45) is 3.75. The monoisotopic (exact) mass is 111 g/mol. The highest BCUT2D eigenvalue weighted by atomic mass is 15.3. The minimum absolute atomic E-state index is 0.322. The van der Waals surface area contributed by atoms with Gasteiger partial charge in [0.2, 0.25) is 0 Å². The minimum atomic E-state index is 0.322. The summed E-state index contributed by atoms with van der Waals surface area (Å²) in [5, 5.41) is 3.77. The Bertz CT molecular complexity index is 137. The molecule has 1 aliphatic heterocycles. The molecule has 0 aromatic rings. The number of hydrogen-bond donors (Lipinski definition) is 2. The molecule has 3 N–H and O–H groups in total. The smallest absolute Gasteiger partial charge is 0.142 e. The van der Waals surface area contributed by atoms with Gasteiger partial charge in [-0.2, -0.15) is 5.10 Å². The summed E-state index contributed by atoms with van der Waals surface area (Å²) in [4.78, 5) is 0. The average Bonchev–Trinajstić information content (AvgIpc) is 1.77. The van der Waals surface area contributed by atoms with E-state index in [4.69, 9.17) is 5.73 Å². The van der Waals surface area contributed by atoms with Crippen molar-refractivity contribution < 1.29 is 0 Å². The predicted octanol–water partition coefficient (Wildman–Crippen LogP) is -0.193. The van der Waals surface area contributed by atoms with Crippen LogP contribution in [-0.4, -0.2) is 11.9 Å². The van der Waals surface area contributed by atoms with Crippen LogP contribution in [0, 0.1) is 0 Å². The molecule has 44 valence electrons. The van der Waals surface area contributed by atoms with E-state index >= 15 is 0 Å². The summed E-state index contributed by atoms with van der Waals surface area (Å²) in [6.45, 7) is 2.01. The largest absolute Gasteiger partial charge is 0.382 e. The summed E-state index contributed by atoms with van der Waals surface area (Å²) in [5.74, 6) is 0.545. The topological polar surface area (TPSA) is 50.4 Å². The van der Waals surface area contributed by atoms with Gasteiger partial charge >= 0.3 is 0 Å². The Balaban J connectivity index is 2.58. The lowest BCUT2D eigenvalue weighted by Gasteiger charge is -2.09. The van der Waals surface area contributed by atoms with E-state index in [-0.39, 0.29) is 0 Å². The highest BCUT2D eigenvalue weighted by molar-refractivity contribution is 5.91. The average molecular weight is 111 g/mol. The maximum absolute atomic E-state index is 5.30. The first-order valence-electron chi connectivity index (χ1n) is 2.56. The molecule has 3 heteroatoms. The number of nitrogens with two attached hydrogens (primary N) is 1. The summed E-state index contributed by atoms with van der Waals surface area (Å²) < 4.78 is 0. The highest BCUT2D eigenvalue weighted by Gasteiger charge is 1.97. The van der Waals surface area contributed by atoms with Crippen LogP contribution in [0.2, 0.25) is 0 Å². The van der Waals surface area contributed by atoms with Crippen LogP contribution in [0.5, 0.6) is 0 Å². The first-order valence-corrected chi connectivity index (χ1v) is 2.56. The van der Waals surface area contributed by atoms with E-state index in [2.05, 4.69) is 10.5 Å². The van der Waals surface area contributed by atoms with Crippen LogP contribution < -0.4 is 11.2 Å². The summed E-state index contributed by atoms with van der Waals surface area (Å²) in [5.41, 5.74) is 8.11. The molecule has 0 spiro atoms. The van der Waals surface area contributed by atoms with Crippen molar-refractivity contribution in [3.63, 3.8) is 0 Å². The van der Waals surface area contributed by atoms with E-state index in [0.717, 1.165) is 0 Å². The summed E-state index contributed by atoms with van der Waals surface area (Å²) in [6, 6.07) is 0.322. The highest BCUT2D eigenvalue weighted by Crippen LogP contribution is 1.89. The molecule has 0 saturated heterocycles. The van der Waals surface area contributed by atoms with Crippen molar-refractivity contribution >= 4 is 5.84 Å². The molecule has 1 atom stereocenters. The molecule has 0 amide bonds. The summed E-state index contributed by atoms with van der Waals surface area (Å²) in [7, 11) is 0. The molecule has 1 heterocycles. The van der Waals surface area contributed by atoms with Gasteiger partial charge in [-0.25, -0.2) is 0 Å². The number of rotatable bonds is 0. The van der Waals surface area contributed by atoms with Crippen LogP contribution in [0.3, 0.4) is 0 Å². The van der Waals surface area contributed by atoms with E-state index in [0.29, 0.717) is 11.9 Å². The van der Waals surface area contributed by atoms with Crippen molar-refractivity contribution in [1.82, 2.24) is 5.43 Å². The second kappa shape index (κ2) is 1.86. The van der Waals surface area contributed by atoms with Gasteiger partial charge in [0.25, 0.3) is 0 Å². The fraction of sp³-hybridized carbons (Fsp3) is 0.400. The maximum Gasteiger partial charge on any atom is 0.142 e. The molecule has 1 unspecified atom stereocenters. The molecule has 0 aromatic carbocycles. The van der Waals surface area contributed by atoms with E-state index < -0.39 is 0 Å². The third kappa shape index (κ3) is 0.992. The normalized spacial score (nSPS) is 26.6. The van der Waals surface area contributed by atoms with Gasteiger partial charge in [-0.15, -0.1) is 0 Å². The van der Waals surface area contributed by atoms with Gasteiger partial charge in [0.1, 0.15) is 5.84 Å². The van der Waals surface area contributed by atoms with Gasteiger partial charge in [0, 0.05) is 0 Å². The maximum atomic E-state index is 5.30. The van der Waals surface area contributed by atoms with Crippen LogP contribution in [0.1, 0.15) is 6.92 Å². The fourth-order valence-corrected chi connectivity index (χ4v) is 0.500. The Morgan fingerprint density at radius 3 is 3.00 bits per heavy atom. The lowest BCUT2D eigenvalue weighted by molar-refractivity contribution is 0.663. The van der Waals surface area contributed by atoms with Crippen molar-refractivity contribution in [3.05, 3.63) is 12.2 Å². The van der Waals surface area contributed by atoms with Gasteiger partial charge in [-0.3, -0.25) is 0 Å². The van der Waals surface area contributed by atoms with Gasteiger partial charge in [0.15, 0.2) is 0 Å². The second-order valence-corrected chi connectivity index (χ2v) is 1.81. The molecule has 1 rings (SSSR count). The molecule has 3 nitrogen and oxygen atoms in total. The van der Waals surface area contributed by atoms with E-state index in [1.54, 1.807) is 6.08 Å². The Hall–Kier alpha value is -0.990. The number of nitrogens with one attached hydrogen (secondary N) is 1. The van der Waals surface area contributed by atoms with Crippen LogP contribution in [0.4, 0.5) is 0 Å². The molecule has 0 radical (unpaired) electrons. The van der Waals surface area contributed by atoms with Crippen LogP contribution in [0.15, 0.2) is 17.3 Å². The van der Waals surface area contributed by atoms with Crippen LogP contribution in [-0.2, 0) is 0 Å². The first-order chi connectivity index (χ1) is 3.79. The second-order valence-electron chi connectivity index (χ2n) is 1.81. The minimum Gasteiger partial charge on any atom is -0.382 e. The van der Waals surface area contributed by atoms with Crippen molar-refractivity contribution in [2.75, 3.05) is 0 Å². The van der Waals surface area contributed by atoms with Gasteiger partial charge in [-0.1, -0.05) is 6.08 Å². The molecule has 0 bridgehead atoms. The Morgan fingerprint density at radius 1 is 1.88 bits per heavy atom. The third-order valence-electron chi connectivity index (χ3n) is 0.953. The number of nitrogens with zero attached hydrogens (tertiary/aromatic N) is 1. The molecule has 0 aromatic heterocycles. The number of amidine groups is 1. The standard InChI is InChI=1S/C5H9N3/c1-4-2-3-5(6)8-7-4/h2-4,7H,1H3,(H2,6,8). The molecule has 8 heavy (non-hydrogen) atoms. The molecular formula is C5H9N3. The molecular weight excluding hydrogens is 102 g/mol. The zero-order valence-electron chi connectivity index (χ0n) is 4.76. The van der Waals surface area contributed by atoms with Crippen molar-refractivity contribution in [2.45, 2.75) is 13.0 Å². The van der Waals surface area contributed by atoms with Crippen molar-refractivity contribution in [1.29, 1.82) is 0 Å². The zero-order valence-corrected chi connectivity index (χ0v) is 4.76. The zero-order chi connectivity index (χ0) is 5.98. The van der Waals surface area contributed by atoms with Gasteiger partial charge in [0.05, 0.1) is 6.04 Å². The van der Waals surface area contributed by atoms with Gasteiger partial charge < -0.3 is 11.2 Å². The van der Waals surface area contributed by atoms with Gasteiger partial charge in [-0.05, 0) is 13.0 Å². The van der Waals surface area contributed by atoms with Crippen molar-refractivity contribution in [2.24, 2.45) is 10.8 Å². The summed E-state index contributed by atoms with van der Waals surface area (Å²) >= 11 is 0. The lowest BCUT2D eigenvalue weighted by atomic mass is 10.3. The van der Waals surface area contributed by atoms with E-state index in [1.807, 2.05) is 13.0 Å². The fourth-order valence-electron chi connectivity index (χ4n) is 0.500. The van der Waals surface area contributed by atoms with Crippen molar-refractivity contribution in [3.8, 4) is 0 Å². The molecule has 1 aliphatic rings. The molecule has 0 fully saturated rings. The number of hydrazone groups is 1. The lowest BCUT2D eigenvalue weighted by Crippen LogP contribution is -2.26. The van der Waals surface area contributed by atoms with E-state index in [1.165, 1.54) is 0 Å². The SMILES string of the molecule is CC1C=CC(N)=NN1. The third-order valence-corrected chi connectivity index (χ3v) is 0.953. The van der Waals surface area contributed by atoms with Crippen LogP contribution in [0.25, 0.3) is 0 Å². The Kier molecular flexibility index (Phi) is 1.20. The molecule has 0 aliphatic carbocycles. The first kappa shape index (κ1) is 5.15. The number of hydrogen-bond acceptors (Lipinski definition) is 3.